The summed E-state index contributed by atoms with van der Waals surface area (Å²) in [7, 11) is 1.67. The van der Waals surface area contributed by atoms with Crippen LogP contribution in [0.2, 0.25) is 0 Å². The van der Waals surface area contributed by atoms with Crippen LogP contribution in [0.1, 0.15) is 64.5 Å². The molecule has 0 aliphatic rings. The van der Waals surface area contributed by atoms with Gasteiger partial charge in [0.15, 0.2) is 0 Å². The Balaban J connectivity index is 2.16. The molecule has 108 valence electrons. The van der Waals surface area contributed by atoms with Crippen molar-refractivity contribution in [2.75, 3.05) is 7.11 Å². The smallest absolute Gasteiger partial charge is 0.213 e. The monoisotopic (exact) mass is 263 g/mol. The van der Waals surface area contributed by atoms with Gasteiger partial charge in [-0.3, -0.25) is 0 Å². The number of nitrogens with zero attached hydrogens (tertiary/aromatic N) is 1. The molecule has 1 unspecified atom stereocenters. The molecule has 0 fully saturated rings. The minimum Gasteiger partial charge on any atom is -0.481 e. The van der Waals surface area contributed by atoms with Gasteiger partial charge in [-0.05, 0) is 24.8 Å². The molecule has 0 bridgehead atoms. The van der Waals surface area contributed by atoms with Gasteiger partial charge < -0.3 is 4.74 Å². The number of aryl methyl sites for hydroxylation is 1. The molecular weight excluding hydrogens is 234 g/mol. The largest absolute Gasteiger partial charge is 0.481 e. The van der Waals surface area contributed by atoms with Crippen LogP contribution >= 0.6 is 0 Å². The highest BCUT2D eigenvalue weighted by Gasteiger charge is 2.04. The first-order chi connectivity index (χ1) is 9.26. The summed E-state index contributed by atoms with van der Waals surface area (Å²) in [5.41, 5.74) is 1.15. The Kier molecular flexibility index (Phi) is 8.28. The minimum atomic E-state index is 0.727. The van der Waals surface area contributed by atoms with Crippen molar-refractivity contribution >= 4 is 0 Å². The van der Waals surface area contributed by atoms with E-state index in [0.717, 1.165) is 23.9 Å². The van der Waals surface area contributed by atoms with E-state index in [1.807, 2.05) is 12.1 Å². The van der Waals surface area contributed by atoms with E-state index >= 15 is 0 Å². The van der Waals surface area contributed by atoms with Gasteiger partial charge in [-0.25, -0.2) is 4.98 Å². The quantitative estimate of drug-likeness (QED) is 0.553. The van der Waals surface area contributed by atoms with Crippen LogP contribution in [0.5, 0.6) is 5.88 Å². The number of aromatic nitrogens is 1. The zero-order chi connectivity index (χ0) is 13.9. The third kappa shape index (κ3) is 7.19. The number of methoxy groups -OCH3 is 1. The van der Waals surface area contributed by atoms with Crippen molar-refractivity contribution in [3.8, 4) is 5.88 Å². The van der Waals surface area contributed by atoms with Gasteiger partial charge in [-0.1, -0.05) is 58.4 Å². The summed E-state index contributed by atoms with van der Waals surface area (Å²) in [6.45, 7) is 4.63. The summed E-state index contributed by atoms with van der Waals surface area (Å²) in [5, 5.41) is 0. The summed E-state index contributed by atoms with van der Waals surface area (Å²) < 4.78 is 5.15. The highest BCUT2D eigenvalue weighted by atomic mass is 16.5. The van der Waals surface area contributed by atoms with E-state index in [4.69, 9.17) is 4.74 Å². The van der Waals surface area contributed by atoms with Crippen LogP contribution < -0.4 is 4.74 Å². The van der Waals surface area contributed by atoms with Crippen LogP contribution in [0, 0.1) is 5.92 Å². The second-order valence-electron chi connectivity index (χ2n) is 5.52. The Hall–Kier alpha value is -1.05. The maximum Gasteiger partial charge on any atom is 0.213 e. The molecule has 1 aromatic rings. The van der Waals surface area contributed by atoms with Crippen LogP contribution in [-0.2, 0) is 6.42 Å². The molecule has 0 N–H and O–H groups in total. The number of hydrogen-bond donors (Lipinski definition) is 0. The second-order valence-corrected chi connectivity index (χ2v) is 5.52. The molecule has 0 aliphatic carbocycles. The number of unbranched alkanes of at least 4 members (excludes halogenated alkanes) is 4. The van der Waals surface area contributed by atoms with E-state index < -0.39 is 0 Å². The zero-order valence-electron chi connectivity index (χ0n) is 12.8. The van der Waals surface area contributed by atoms with Gasteiger partial charge in [0.1, 0.15) is 0 Å². The van der Waals surface area contributed by atoms with E-state index in [9.17, 15) is 0 Å². The highest BCUT2D eigenvalue weighted by Crippen LogP contribution is 2.17. The first kappa shape index (κ1) is 16.0. The van der Waals surface area contributed by atoms with Gasteiger partial charge in [-0.2, -0.15) is 0 Å². The lowest BCUT2D eigenvalue weighted by molar-refractivity contribution is 0.394. The SMILES string of the molecule is CCCCCCCC(C)CCc1cccc(OC)n1. The summed E-state index contributed by atoms with van der Waals surface area (Å²) >= 11 is 0. The Bertz CT molecular complexity index is 338. The van der Waals surface area contributed by atoms with Gasteiger partial charge in [-0.15, -0.1) is 0 Å². The molecule has 2 heteroatoms. The van der Waals surface area contributed by atoms with Gasteiger partial charge in [0.25, 0.3) is 0 Å². The number of ether oxygens (including phenoxy) is 1. The molecule has 1 atom stereocenters. The van der Waals surface area contributed by atoms with Crippen LogP contribution in [0.25, 0.3) is 0 Å². The van der Waals surface area contributed by atoms with Crippen molar-refractivity contribution in [1.29, 1.82) is 0 Å². The predicted octanol–water partition coefficient (Wildman–Crippen LogP) is 5.02. The summed E-state index contributed by atoms with van der Waals surface area (Å²) in [6, 6.07) is 6.02. The van der Waals surface area contributed by atoms with Crippen molar-refractivity contribution in [2.45, 2.75) is 65.2 Å². The van der Waals surface area contributed by atoms with Crippen molar-refractivity contribution in [3.63, 3.8) is 0 Å². The lowest BCUT2D eigenvalue weighted by Crippen LogP contribution is -2.00. The van der Waals surface area contributed by atoms with E-state index in [1.165, 1.54) is 44.9 Å². The summed E-state index contributed by atoms with van der Waals surface area (Å²) in [5.74, 6) is 1.53. The molecule has 2 nitrogen and oxygen atoms in total. The molecule has 1 rings (SSSR count). The Morgan fingerprint density at radius 3 is 2.63 bits per heavy atom. The third-order valence-corrected chi connectivity index (χ3v) is 3.68. The van der Waals surface area contributed by atoms with E-state index in [2.05, 4.69) is 24.9 Å². The van der Waals surface area contributed by atoms with Crippen LogP contribution in [-0.4, -0.2) is 12.1 Å². The number of hydrogen-bond acceptors (Lipinski definition) is 2. The molecule has 0 aliphatic heterocycles. The molecular formula is C17H29NO. The van der Waals surface area contributed by atoms with Gasteiger partial charge in [0.05, 0.1) is 7.11 Å². The Labute approximate surface area is 118 Å². The minimum absolute atomic E-state index is 0.727. The normalized spacial score (nSPS) is 12.4. The van der Waals surface area contributed by atoms with Crippen LogP contribution in [0.3, 0.4) is 0 Å². The molecule has 0 spiro atoms. The molecule has 19 heavy (non-hydrogen) atoms. The molecule has 0 saturated carbocycles. The van der Waals surface area contributed by atoms with E-state index in [-0.39, 0.29) is 0 Å². The van der Waals surface area contributed by atoms with Crippen molar-refractivity contribution in [3.05, 3.63) is 23.9 Å². The fourth-order valence-corrected chi connectivity index (χ4v) is 2.35. The fraction of sp³-hybridized carbons (Fsp3) is 0.706. The Morgan fingerprint density at radius 1 is 1.11 bits per heavy atom. The fourth-order valence-electron chi connectivity index (χ4n) is 2.35. The number of pyridine rings is 1. The molecule has 0 amide bonds. The van der Waals surface area contributed by atoms with Crippen LogP contribution in [0.4, 0.5) is 0 Å². The maximum absolute atomic E-state index is 5.15. The van der Waals surface area contributed by atoms with Crippen LogP contribution in [0.15, 0.2) is 18.2 Å². The average molecular weight is 263 g/mol. The van der Waals surface area contributed by atoms with Crippen molar-refractivity contribution in [1.82, 2.24) is 4.98 Å². The topological polar surface area (TPSA) is 22.1 Å². The lowest BCUT2D eigenvalue weighted by atomic mass is 9.97. The molecule has 0 radical (unpaired) electrons. The maximum atomic E-state index is 5.15. The average Bonchev–Trinajstić information content (AvgIpc) is 2.45. The van der Waals surface area contributed by atoms with Gasteiger partial charge in [0, 0.05) is 11.8 Å². The van der Waals surface area contributed by atoms with Crippen molar-refractivity contribution in [2.24, 2.45) is 5.92 Å². The van der Waals surface area contributed by atoms with E-state index in [1.54, 1.807) is 7.11 Å². The summed E-state index contributed by atoms with van der Waals surface area (Å²) in [4.78, 5) is 4.46. The van der Waals surface area contributed by atoms with Crippen molar-refractivity contribution < 1.29 is 4.74 Å². The molecule has 1 heterocycles. The first-order valence-electron chi connectivity index (χ1n) is 7.76. The van der Waals surface area contributed by atoms with Gasteiger partial charge >= 0.3 is 0 Å². The molecule has 0 aromatic carbocycles. The van der Waals surface area contributed by atoms with E-state index in [0.29, 0.717) is 0 Å². The Morgan fingerprint density at radius 2 is 1.89 bits per heavy atom. The third-order valence-electron chi connectivity index (χ3n) is 3.68. The molecule has 0 saturated heterocycles. The summed E-state index contributed by atoms with van der Waals surface area (Å²) in [6.07, 6.45) is 10.6. The predicted molar refractivity (Wildman–Crippen MR) is 81.7 cm³/mol. The molecule has 1 aromatic heterocycles. The van der Waals surface area contributed by atoms with Gasteiger partial charge in [0.2, 0.25) is 5.88 Å². The standard InChI is InChI=1S/C17H29NO/c1-4-5-6-7-8-10-15(2)13-14-16-11-9-12-17(18-16)19-3/h9,11-12,15H,4-8,10,13-14H2,1-3H3. The zero-order valence-corrected chi connectivity index (χ0v) is 12.8. The first-order valence-corrected chi connectivity index (χ1v) is 7.76. The second kappa shape index (κ2) is 9.82. The number of rotatable bonds is 10. The lowest BCUT2D eigenvalue weighted by Gasteiger charge is -2.11. The highest BCUT2D eigenvalue weighted by molar-refractivity contribution is 5.15.